The van der Waals surface area contributed by atoms with Gasteiger partial charge in [0, 0.05) is 0 Å². The van der Waals surface area contributed by atoms with Crippen molar-refractivity contribution in [1.29, 1.82) is 0 Å². The Morgan fingerprint density at radius 1 is 1.56 bits per heavy atom. The van der Waals surface area contributed by atoms with Gasteiger partial charge in [0.15, 0.2) is 0 Å². The Morgan fingerprint density at radius 2 is 2.44 bits per heavy atom. The molecule has 0 aromatic rings. The predicted molar refractivity (Wildman–Crippen MR) is 40.1 cm³/mol. The lowest BCUT2D eigenvalue weighted by Gasteiger charge is -2.04. The topological polar surface area (TPSA) is 0 Å². The second-order valence-electron chi connectivity index (χ2n) is 2.94. The summed E-state index contributed by atoms with van der Waals surface area (Å²) in [7, 11) is 0. The molecule has 1 saturated carbocycles. The van der Waals surface area contributed by atoms with Crippen LogP contribution < -0.4 is 0 Å². The van der Waals surface area contributed by atoms with Crippen LogP contribution in [0.3, 0.4) is 0 Å². The zero-order chi connectivity index (χ0) is 6.53. The van der Waals surface area contributed by atoms with Crippen molar-refractivity contribution in [2.24, 2.45) is 5.92 Å². The van der Waals surface area contributed by atoms with Gasteiger partial charge in [-0.15, -0.1) is 0 Å². The second-order valence-corrected chi connectivity index (χ2v) is 2.94. The molecule has 0 aromatic heterocycles. The van der Waals surface area contributed by atoms with Gasteiger partial charge in [-0.25, -0.2) is 0 Å². The van der Waals surface area contributed by atoms with Gasteiger partial charge in [0.25, 0.3) is 0 Å². The maximum absolute atomic E-state index is 3.49. The maximum Gasteiger partial charge on any atom is -0.0140 e. The molecule has 1 fully saturated rings. The van der Waals surface area contributed by atoms with E-state index in [4.69, 9.17) is 0 Å². The van der Waals surface area contributed by atoms with Crippen LogP contribution in [0.25, 0.3) is 0 Å². The van der Waals surface area contributed by atoms with E-state index in [-0.39, 0.29) is 0 Å². The molecule has 1 rings (SSSR count). The smallest absolute Gasteiger partial charge is 0.0140 e. The van der Waals surface area contributed by atoms with Crippen molar-refractivity contribution in [3.63, 3.8) is 0 Å². The lowest BCUT2D eigenvalue weighted by Crippen LogP contribution is -1.91. The molecule has 2 radical (unpaired) electrons. The Hall–Kier alpha value is 0. The Labute approximate surface area is 58.7 Å². The highest BCUT2D eigenvalue weighted by atomic mass is 14.2. The molecule has 1 atom stereocenters. The third-order valence-corrected chi connectivity index (χ3v) is 2.07. The molecule has 0 bridgehead atoms. The highest BCUT2D eigenvalue weighted by Gasteiger charge is 2.13. The first kappa shape index (κ1) is 7.11. The summed E-state index contributed by atoms with van der Waals surface area (Å²) in [5.41, 5.74) is 0. The zero-order valence-corrected chi connectivity index (χ0v) is 6.32. The van der Waals surface area contributed by atoms with E-state index < -0.39 is 0 Å². The van der Waals surface area contributed by atoms with Gasteiger partial charge in [0.1, 0.15) is 0 Å². The molecule has 0 nitrogen and oxygen atoms in total. The zero-order valence-electron chi connectivity index (χ0n) is 6.32. The molecule has 0 amide bonds. The molecule has 0 spiro atoms. The van der Waals surface area contributed by atoms with E-state index in [9.17, 15) is 0 Å². The van der Waals surface area contributed by atoms with E-state index in [0.717, 1.165) is 5.92 Å². The molecule has 1 unspecified atom stereocenters. The molecule has 0 saturated heterocycles. The maximum atomic E-state index is 3.49. The van der Waals surface area contributed by atoms with E-state index in [1.165, 1.54) is 38.5 Å². The van der Waals surface area contributed by atoms with Crippen molar-refractivity contribution in [1.82, 2.24) is 0 Å². The predicted octanol–water partition coefficient (Wildman–Crippen LogP) is 3.06. The van der Waals surface area contributed by atoms with Crippen molar-refractivity contribution in [2.45, 2.75) is 45.4 Å². The number of unbranched alkanes of at least 4 members (excludes halogenated alkanes) is 1. The molecule has 0 N–H and O–H groups in total. The van der Waals surface area contributed by atoms with Crippen LogP contribution in [0.5, 0.6) is 0 Å². The molecule has 52 valence electrons. The van der Waals surface area contributed by atoms with Crippen LogP contribution in [0.4, 0.5) is 0 Å². The number of hydrogen-bond acceptors (Lipinski definition) is 0. The largest absolute Gasteiger partial charge is 0.0654 e. The van der Waals surface area contributed by atoms with Crippen LogP contribution >= 0.6 is 0 Å². The van der Waals surface area contributed by atoms with E-state index in [1.807, 2.05) is 0 Å². The molecule has 0 aliphatic heterocycles. The fourth-order valence-corrected chi connectivity index (χ4v) is 1.45. The van der Waals surface area contributed by atoms with Crippen LogP contribution in [0.1, 0.15) is 45.4 Å². The first-order valence-electron chi connectivity index (χ1n) is 4.17. The quantitative estimate of drug-likeness (QED) is 0.542. The minimum Gasteiger partial charge on any atom is -0.0654 e. The summed E-state index contributed by atoms with van der Waals surface area (Å²) in [4.78, 5) is 0. The van der Waals surface area contributed by atoms with E-state index in [1.54, 1.807) is 0 Å². The number of hydrogen-bond donors (Lipinski definition) is 0. The average Bonchev–Trinajstić information content (AvgIpc) is 2.34. The van der Waals surface area contributed by atoms with Crippen LogP contribution in [-0.4, -0.2) is 0 Å². The van der Waals surface area contributed by atoms with Gasteiger partial charge in [-0.1, -0.05) is 26.2 Å². The third kappa shape index (κ3) is 2.38. The first-order chi connectivity index (χ1) is 4.43. The summed E-state index contributed by atoms with van der Waals surface area (Å²) >= 11 is 0. The van der Waals surface area contributed by atoms with Crippen LogP contribution in [0.2, 0.25) is 0 Å². The van der Waals surface area contributed by atoms with E-state index >= 15 is 0 Å². The van der Waals surface area contributed by atoms with Crippen molar-refractivity contribution in [3.05, 3.63) is 6.42 Å². The van der Waals surface area contributed by atoms with Gasteiger partial charge in [-0.2, -0.15) is 0 Å². The van der Waals surface area contributed by atoms with Gasteiger partial charge < -0.3 is 0 Å². The second kappa shape index (κ2) is 3.92. The molecule has 9 heavy (non-hydrogen) atoms. The number of rotatable bonds is 3. The molecule has 0 aromatic carbocycles. The van der Waals surface area contributed by atoms with Gasteiger partial charge in [-0.3, -0.25) is 0 Å². The molecule has 0 heteroatoms. The average molecular weight is 124 g/mol. The first-order valence-corrected chi connectivity index (χ1v) is 4.17. The van der Waals surface area contributed by atoms with Crippen molar-refractivity contribution >= 4 is 0 Å². The summed E-state index contributed by atoms with van der Waals surface area (Å²) in [6, 6.07) is 0. The van der Waals surface area contributed by atoms with Gasteiger partial charge in [-0.05, 0) is 31.6 Å². The van der Waals surface area contributed by atoms with Crippen molar-refractivity contribution in [2.75, 3.05) is 0 Å². The SMILES string of the molecule is CCCCC1[C]CCC1. The third-order valence-electron chi connectivity index (χ3n) is 2.07. The molecule has 1 aliphatic rings. The standard InChI is InChI=1S/C9H16/c1-2-3-6-9-7-4-5-8-9/h9H,2-7H2,1H3. The summed E-state index contributed by atoms with van der Waals surface area (Å²) in [6.07, 6.45) is 11.7. The van der Waals surface area contributed by atoms with Crippen molar-refractivity contribution < 1.29 is 0 Å². The Bertz CT molecular complexity index is 60.4. The Kier molecular flexibility index (Phi) is 3.10. The Morgan fingerprint density at radius 3 is 3.00 bits per heavy atom. The summed E-state index contributed by atoms with van der Waals surface area (Å²) in [5, 5.41) is 0. The minimum atomic E-state index is 0.866. The monoisotopic (exact) mass is 124 g/mol. The Balaban J connectivity index is 1.98. The summed E-state index contributed by atoms with van der Waals surface area (Å²) < 4.78 is 0. The molecule has 0 heterocycles. The highest BCUT2D eigenvalue weighted by molar-refractivity contribution is 4.82. The molecular formula is C9H16. The van der Waals surface area contributed by atoms with Crippen LogP contribution in [0.15, 0.2) is 0 Å². The lowest BCUT2D eigenvalue weighted by molar-refractivity contribution is 0.537. The van der Waals surface area contributed by atoms with E-state index in [0.29, 0.717) is 0 Å². The molecule has 1 aliphatic carbocycles. The summed E-state index contributed by atoms with van der Waals surface area (Å²) in [6.45, 7) is 2.26. The lowest BCUT2D eigenvalue weighted by atomic mass is 10.0. The highest BCUT2D eigenvalue weighted by Crippen LogP contribution is 2.27. The van der Waals surface area contributed by atoms with Crippen LogP contribution in [-0.2, 0) is 0 Å². The van der Waals surface area contributed by atoms with Gasteiger partial charge in [0.05, 0.1) is 0 Å². The van der Waals surface area contributed by atoms with Crippen molar-refractivity contribution in [3.8, 4) is 0 Å². The summed E-state index contributed by atoms with van der Waals surface area (Å²) in [5.74, 6) is 0.866. The fourth-order valence-electron chi connectivity index (χ4n) is 1.45. The normalized spacial score (nSPS) is 21.0. The fraction of sp³-hybridized carbons (Fsp3) is 0.889. The van der Waals surface area contributed by atoms with E-state index in [2.05, 4.69) is 13.3 Å². The van der Waals surface area contributed by atoms with Gasteiger partial charge in [0.2, 0.25) is 0 Å². The van der Waals surface area contributed by atoms with Crippen LogP contribution in [0, 0.1) is 12.3 Å². The minimum absolute atomic E-state index is 0.866. The molecular weight excluding hydrogens is 108 g/mol. The van der Waals surface area contributed by atoms with Gasteiger partial charge >= 0.3 is 0 Å².